The molecule has 1 fully saturated rings. The molecule has 1 amide bonds. The first kappa shape index (κ1) is 14.1. The molecule has 0 radical (unpaired) electrons. The number of carbonyl (C=O) groups is 1. The average molecular weight is 266 g/mol. The Kier molecular flexibility index (Phi) is 4.99. The van der Waals surface area contributed by atoms with Crippen LogP contribution < -0.4 is 5.32 Å². The van der Waals surface area contributed by atoms with Gasteiger partial charge in [0.05, 0.1) is 0 Å². The fourth-order valence-corrected chi connectivity index (χ4v) is 2.50. The van der Waals surface area contributed by atoms with Crippen molar-refractivity contribution in [1.82, 2.24) is 10.2 Å². The third kappa shape index (κ3) is 3.58. The lowest BCUT2D eigenvalue weighted by Gasteiger charge is -2.31. The highest BCUT2D eigenvalue weighted by atomic mass is 16.5. The summed E-state index contributed by atoms with van der Waals surface area (Å²) in [5.41, 5.74) is 0. The predicted molar refractivity (Wildman–Crippen MR) is 72.0 cm³/mol. The standard InChI is InChI=1S/C14H22N2O3/c1-15-9-11-5-7-16(8-6-11)14(17)13-4-3-12(19-13)10-18-2/h3-4,11,15H,5-10H2,1-2H3. The second kappa shape index (κ2) is 6.73. The summed E-state index contributed by atoms with van der Waals surface area (Å²) in [7, 11) is 3.58. The van der Waals surface area contributed by atoms with Gasteiger partial charge >= 0.3 is 0 Å². The van der Waals surface area contributed by atoms with E-state index in [2.05, 4.69) is 5.32 Å². The Labute approximate surface area is 113 Å². The third-order valence-electron chi connectivity index (χ3n) is 3.55. The number of furan rings is 1. The molecule has 0 bridgehead atoms. The molecule has 0 saturated carbocycles. The number of carbonyl (C=O) groups excluding carboxylic acids is 1. The van der Waals surface area contributed by atoms with E-state index in [1.165, 1.54) is 0 Å². The minimum atomic E-state index is -0.00902. The minimum Gasteiger partial charge on any atom is -0.453 e. The number of likely N-dealkylation sites (tertiary alicyclic amines) is 1. The average Bonchev–Trinajstić information content (AvgIpc) is 2.88. The van der Waals surface area contributed by atoms with Gasteiger partial charge in [-0.05, 0) is 44.5 Å². The highest BCUT2D eigenvalue weighted by Gasteiger charge is 2.25. The van der Waals surface area contributed by atoms with Gasteiger partial charge < -0.3 is 19.4 Å². The number of nitrogens with zero attached hydrogens (tertiary/aromatic N) is 1. The van der Waals surface area contributed by atoms with Crippen LogP contribution in [0.15, 0.2) is 16.5 Å². The van der Waals surface area contributed by atoms with Crippen molar-refractivity contribution in [2.24, 2.45) is 5.92 Å². The van der Waals surface area contributed by atoms with Crippen molar-refractivity contribution in [1.29, 1.82) is 0 Å². The van der Waals surface area contributed by atoms with Gasteiger partial charge in [-0.3, -0.25) is 4.79 Å². The van der Waals surface area contributed by atoms with E-state index in [1.54, 1.807) is 19.2 Å². The highest BCUT2D eigenvalue weighted by molar-refractivity contribution is 5.91. The Morgan fingerprint density at radius 2 is 2.21 bits per heavy atom. The molecule has 5 heteroatoms. The second-order valence-electron chi connectivity index (χ2n) is 4.99. The number of nitrogens with one attached hydrogen (secondary N) is 1. The van der Waals surface area contributed by atoms with Crippen molar-refractivity contribution in [3.05, 3.63) is 23.7 Å². The summed E-state index contributed by atoms with van der Waals surface area (Å²) < 4.78 is 10.5. The topological polar surface area (TPSA) is 54.7 Å². The maximum absolute atomic E-state index is 12.3. The quantitative estimate of drug-likeness (QED) is 0.877. The molecule has 2 heterocycles. The lowest BCUT2D eigenvalue weighted by molar-refractivity contribution is 0.0651. The van der Waals surface area contributed by atoms with Gasteiger partial charge in [-0.15, -0.1) is 0 Å². The van der Waals surface area contributed by atoms with Gasteiger partial charge in [-0.1, -0.05) is 0 Å². The van der Waals surface area contributed by atoms with Gasteiger partial charge in [-0.25, -0.2) is 0 Å². The smallest absolute Gasteiger partial charge is 0.289 e. The van der Waals surface area contributed by atoms with Crippen LogP contribution in [0.5, 0.6) is 0 Å². The minimum absolute atomic E-state index is 0.00902. The van der Waals surface area contributed by atoms with E-state index in [0.29, 0.717) is 24.0 Å². The van der Waals surface area contributed by atoms with E-state index in [9.17, 15) is 4.79 Å². The Morgan fingerprint density at radius 1 is 1.47 bits per heavy atom. The molecule has 106 valence electrons. The molecule has 0 aromatic carbocycles. The summed E-state index contributed by atoms with van der Waals surface area (Å²) in [6.07, 6.45) is 2.11. The van der Waals surface area contributed by atoms with Gasteiger partial charge in [0.2, 0.25) is 0 Å². The van der Waals surface area contributed by atoms with E-state index in [1.807, 2.05) is 11.9 Å². The van der Waals surface area contributed by atoms with Crippen LogP contribution in [-0.2, 0) is 11.3 Å². The SMILES string of the molecule is CNCC1CCN(C(=O)c2ccc(COC)o2)CC1. The summed E-state index contributed by atoms with van der Waals surface area (Å²) >= 11 is 0. The third-order valence-corrected chi connectivity index (χ3v) is 3.55. The largest absolute Gasteiger partial charge is 0.453 e. The van der Waals surface area contributed by atoms with Gasteiger partial charge in [0.25, 0.3) is 5.91 Å². The Balaban J connectivity index is 1.89. The molecule has 1 aromatic rings. The van der Waals surface area contributed by atoms with Crippen molar-refractivity contribution in [2.75, 3.05) is 33.8 Å². The lowest BCUT2D eigenvalue weighted by atomic mass is 9.97. The predicted octanol–water partition coefficient (Wildman–Crippen LogP) is 1.50. The van der Waals surface area contributed by atoms with Crippen LogP contribution in [0.2, 0.25) is 0 Å². The molecule has 0 spiro atoms. The monoisotopic (exact) mass is 266 g/mol. The normalized spacial score (nSPS) is 16.8. The maximum atomic E-state index is 12.3. The summed E-state index contributed by atoms with van der Waals surface area (Å²) in [5.74, 6) is 1.77. The van der Waals surface area contributed by atoms with Crippen molar-refractivity contribution in [3.8, 4) is 0 Å². The number of amides is 1. The second-order valence-corrected chi connectivity index (χ2v) is 4.99. The van der Waals surface area contributed by atoms with Crippen molar-refractivity contribution < 1.29 is 13.9 Å². The molecule has 2 rings (SSSR count). The van der Waals surface area contributed by atoms with Crippen molar-refractivity contribution >= 4 is 5.91 Å². The summed E-state index contributed by atoms with van der Waals surface area (Å²) in [6, 6.07) is 3.53. The van der Waals surface area contributed by atoms with Crippen LogP contribution in [0.3, 0.4) is 0 Å². The molecule has 0 atom stereocenters. The highest BCUT2D eigenvalue weighted by Crippen LogP contribution is 2.19. The van der Waals surface area contributed by atoms with Gasteiger partial charge in [0, 0.05) is 20.2 Å². The van der Waals surface area contributed by atoms with Crippen molar-refractivity contribution in [2.45, 2.75) is 19.4 Å². The van der Waals surface area contributed by atoms with E-state index >= 15 is 0 Å². The van der Waals surface area contributed by atoms with Gasteiger partial charge in [0.15, 0.2) is 5.76 Å². The maximum Gasteiger partial charge on any atom is 0.289 e. The van der Waals surface area contributed by atoms with Crippen LogP contribution in [0, 0.1) is 5.92 Å². The zero-order valence-electron chi connectivity index (χ0n) is 11.6. The van der Waals surface area contributed by atoms with E-state index in [4.69, 9.17) is 9.15 Å². The number of hydrogen-bond donors (Lipinski definition) is 1. The van der Waals surface area contributed by atoms with E-state index in [-0.39, 0.29) is 5.91 Å². The van der Waals surface area contributed by atoms with Crippen LogP contribution >= 0.6 is 0 Å². The number of rotatable bonds is 5. The molecule has 1 N–H and O–H groups in total. The first-order chi connectivity index (χ1) is 9.24. The number of hydrogen-bond acceptors (Lipinski definition) is 4. The first-order valence-corrected chi connectivity index (χ1v) is 6.76. The Morgan fingerprint density at radius 3 is 2.84 bits per heavy atom. The molecule has 5 nitrogen and oxygen atoms in total. The number of ether oxygens (including phenoxy) is 1. The number of piperidine rings is 1. The molecule has 0 unspecified atom stereocenters. The van der Waals surface area contributed by atoms with Crippen molar-refractivity contribution in [3.63, 3.8) is 0 Å². The molecule has 19 heavy (non-hydrogen) atoms. The van der Waals surface area contributed by atoms with E-state index in [0.717, 1.165) is 32.5 Å². The van der Waals surface area contributed by atoms with Crippen LogP contribution in [-0.4, -0.2) is 44.6 Å². The summed E-state index contributed by atoms with van der Waals surface area (Å²) in [5, 5.41) is 3.19. The zero-order valence-corrected chi connectivity index (χ0v) is 11.6. The Hall–Kier alpha value is -1.33. The van der Waals surface area contributed by atoms with Gasteiger partial charge in [0.1, 0.15) is 12.4 Å². The summed E-state index contributed by atoms with van der Waals surface area (Å²) in [6.45, 7) is 3.05. The van der Waals surface area contributed by atoms with Crippen LogP contribution in [0.4, 0.5) is 0 Å². The van der Waals surface area contributed by atoms with Crippen LogP contribution in [0.25, 0.3) is 0 Å². The molecule has 1 aliphatic heterocycles. The number of methoxy groups -OCH3 is 1. The Bertz CT molecular complexity index is 409. The zero-order chi connectivity index (χ0) is 13.7. The molecule has 0 aliphatic carbocycles. The fourth-order valence-electron chi connectivity index (χ4n) is 2.50. The summed E-state index contributed by atoms with van der Waals surface area (Å²) in [4.78, 5) is 14.1. The molecular weight excluding hydrogens is 244 g/mol. The molecule has 1 aliphatic rings. The fraction of sp³-hybridized carbons (Fsp3) is 0.643. The van der Waals surface area contributed by atoms with Gasteiger partial charge in [-0.2, -0.15) is 0 Å². The molecule has 1 saturated heterocycles. The molecular formula is C14H22N2O3. The first-order valence-electron chi connectivity index (χ1n) is 6.76. The lowest BCUT2D eigenvalue weighted by Crippen LogP contribution is -2.40. The van der Waals surface area contributed by atoms with E-state index < -0.39 is 0 Å². The van der Waals surface area contributed by atoms with Crippen LogP contribution in [0.1, 0.15) is 29.2 Å². The molecule has 1 aromatic heterocycles.